The number of benzene rings is 1. The number of pyridine rings is 1. The van der Waals surface area contributed by atoms with Crippen LogP contribution >= 0.6 is 0 Å². The van der Waals surface area contributed by atoms with Gasteiger partial charge in [0.25, 0.3) is 5.91 Å². The number of carbonyl (C=O) groups is 2. The molecule has 1 aliphatic rings. The first-order valence-electron chi connectivity index (χ1n) is 7.02. The number of nitrogens with one attached hydrogen (secondary N) is 1. The predicted octanol–water partition coefficient (Wildman–Crippen LogP) is 2.22. The van der Waals surface area contributed by atoms with Crippen LogP contribution in [0.3, 0.4) is 0 Å². The van der Waals surface area contributed by atoms with Gasteiger partial charge in [-0.05, 0) is 24.5 Å². The van der Waals surface area contributed by atoms with Crippen LogP contribution in [-0.4, -0.2) is 28.0 Å². The number of carboxylic acid groups (broad SMARTS) is 1. The van der Waals surface area contributed by atoms with E-state index in [-0.39, 0.29) is 5.91 Å². The van der Waals surface area contributed by atoms with E-state index in [2.05, 4.69) is 10.3 Å². The SMILES string of the molecule is O=C(N[C@H](CC1CC1)C(=O)O)c1cnc2ccccc2c1. The highest BCUT2D eigenvalue weighted by molar-refractivity contribution is 5.99. The van der Waals surface area contributed by atoms with Gasteiger partial charge in [-0.3, -0.25) is 9.78 Å². The number of hydrogen-bond acceptors (Lipinski definition) is 3. The van der Waals surface area contributed by atoms with Gasteiger partial charge >= 0.3 is 5.97 Å². The quantitative estimate of drug-likeness (QED) is 0.882. The summed E-state index contributed by atoms with van der Waals surface area (Å²) in [6.07, 6.45) is 4.09. The van der Waals surface area contributed by atoms with Crippen LogP contribution in [0.2, 0.25) is 0 Å². The highest BCUT2D eigenvalue weighted by Gasteiger charge is 2.30. The molecule has 0 aliphatic heterocycles. The Labute approximate surface area is 122 Å². The summed E-state index contributed by atoms with van der Waals surface area (Å²) in [5.74, 6) is -0.938. The third-order valence-electron chi connectivity index (χ3n) is 3.72. The van der Waals surface area contributed by atoms with E-state index in [9.17, 15) is 14.7 Å². The molecule has 1 saturated carbocycles. The first kappa shape index (κ1) is 13.5. The van der Waals surface area contributed by atoms with Crippen molar-refractivity contribution in [3.05, 3.63) is 42.1 Å². The summed E-state index contributed by atoms with van der Waals surface area (Å²) in [6, 6.07) is 8.40. The van der Waals surface area contributed by atoms with Crippen molar-refractivity contribution in [3.63, 3.8) is 0 Å². The van der Waals surface area contributed by atoms with Crippen molar-refractivity contribution in [1.29, 1.82) is 0 Å². The first-order valence-corrected chi connectivity index (χ1v) is 7.02. The lowest BCUT2D eigenvalue weighted by Crippen LogP contribution is -2.41. The van der Waals surface area contributed by atoms with Crippen LogP contribution in [0.1, 0.15) is 29.6 Å². The number of aliphatic carboxylic acids is 1. The van der Waals surface area contributed by atoms with Gasteiger partial charge in [0.1, 0.15) is 6.04 Å². The summed E-state index contributed by atoms with van der Waals surface area (Å²) >= 11 is 0. The molecule has 3 rings (SSSR count). The molecule has 1 aromatic heterocycles. The summed E-state index contributed by atoms with van der Waals surface area (Å²) < 4.78 is 0. The van der Waals surface area contributed by atoms with Gasteiger partial charge in [-0.25, -0.2) is 4.79 Å². The molecular formula is C16H16N2O3. The molecular weight excluding hydrogens is 268 g/mol. The second kappa shape index (κ2) is 5.52. The van der Waals surface area contributed by atoms with Gasteiger partial charge in [0.15, 0.2) is 0 Å². The largest absolute Gasteiger partial charge is 0.480 e. The van der Waals surface area contributed by atoms with E-state index in [0.717, 1.165) is 23.7 Å². The maximum atomic E-state index is 12.2. The highest BCUT2D eigenvalue weighted by Crippen LogP contribution is 2.33. The lowest BCUT2D eigenvalue weighted by atomic mass is 10.1. The van der Waals surface area contributed by atoms with Crippen molar-refractivity contribution in [3.8, 4) is 0 Å². The molecule has 0 spiro atoms. The molecule has 2 aromatic rings. The number of amides is 1. The normalized spacial score (nSPS) is 15.6. The Balaban J connectivity index is 1.77. The number of nitrogens with zero attached hydrogens (tertiary/aromatic N) is 1. The molecule has 1 fully saturated rings. The van der Waals surface area contributed by atoms with E-state index >= 15 is 0 Å². The van der Waals surface area contributed by atoms with Crippen LogP contribution in [0.25, 0.3) is 10.9 Å². The van der Waals surface area contributed by atoms with Crippen LogP contribution in [0.4, 0.5) is 0 Å². The molecule has 0 unspecified atom stereocenters. The van der Waals surface area contributed by atoms with Crippen molar-refractivity contribution in [2.75, 3.05) is 0 Å². The molecule has 0 radical (unpaired) electrons. The summed E-state index contributed by atoms with van der Waals surface area (Å²) in [7, 11) is 0. The summed E-state index contributed by atoms with van der Waals surface area (Å²) in [5, 5.41) is 12.6. The minimum atomic E-state index is -0.982. The maximum absolute atomic E-state index is 12.2. The maximum Gasteiger partial charge on any atom is 0.326 e. The van der Waals surface area contributed by atoms with Crippen LogP contribution < -0.4 is 5.32 Å². The Kier molecular flexibility index (Phi) is 3.56. The van der Waals surface area contributed by atoms with Crippen LogP contribution in [0.5, 0.6) is 0 Å². The van der Waals surface area contributed by atoms with E-state index in [0.29, 0.717) is 17.9 Å². The van der Waals surface area contributed by atoms with Crippen molar-refractivity contribution < 1.29 is 14.7 Å². The molecule has 1 aliphatic carbocycles. The van der Waals surface area contributed by atoms with Gasteiger partial charge in [-0.15, -0.1) is 0 Å². The van der Waals surface area contributed by atoms with Gasteiger partial charge in [0.2, 0.25) is 0 Å². The molecule has 21 heavy (non-hydrogen) atoms. The van der Waals surface area contributed by atoms with Crippen LogP contribution in [-0.2, 0) is 4.79 Å². The molecule has 0 saturated heterocycles. The van der Waals surface area contributed by atoms with E-state index in [1.165, 1.54) is 6.20 Å². The zero-order valence-electron chi connectivity index (χ0n) is 11.5. The second-order valence-electron chi connectivity index (χ2n) is 5.46. The topological polar surface area (TPSA) is 79.3 Å². The number of fused-ring (bicyclic) bond motifs is 1. The third-order valence-corrected chi connectivity index (χ3v) is 3.72. The number of rotatable bonds is 5. The zero-order chi connectivity index (χ0) is 14.8. The minimum Gasteiger partial charge on any atom is -0.480 e. The fourth-order valence-electron chi connectivity index (χ4n) is 2.35. The number of carboxylic acids is 1. The molecule has 1 aromatic carbocycles. The van der Waals surface area contributed by atoms with Gasteiger partial charge < -0.3 is 10.4 Å². The van der Waals surface area contributed by atoms with Gasteiger partial charge in [0, 0.05) is 11.6 Å². The van der Waals surface area contributed by atoms with Crippen molar-refractivity contribution in [1.82, 2.24) is 10.3 Å². The third kappa shape index (κ3) is 3.18. The Hall–Kier alpha value is -2.43. The monoisotopic (exact) mass is 284 g/mol. The molecule has 1 heterocycles. The van der Waals surface area contributed by atoms with E-state index in [4.69, 9.17) is 0 Å². The number of carbonyl (C=O) groups excluding carboxylic acids is 1. The van der Waals surface area contributed by atoms with E-state index in [1.54, 1.807) is 6.07 Å². The Morgan fingerprint density at radius 2 is 2.10 bits per heavy atom. The standard InChI is InChI=1S/C16H16N2O3/c19-15(18-14(16(20)21)7-10-5-6-10)12-8-11-3-1-2-4-13(11)17-9-12/h1-4,8-10,14H,5-7H2,(H,18,19)(H,20,21)/t14-/m1/s1. The average Bonchev–Trinajstić information content (AvgIpc) is 3.30. The number of aromatic nitrogens is 1. The molecule has 5 heteroatoms. The minimum absolute atomic E-state index is 0.385. The van der Waals surface area contributed by atoms with Crippen LogP contribution in [0, 0.1) is 5.92 Å². The lowest BCUT2D eigenvalue weighted by molar-refractivity contribution is -0.139. The second-order valence-corrected chi connectivity index (χ2v) is 5.46. The summed E-state index contributed by atoms with van der Waals surface area (Å²) in [6.45, 7) is 0. The Morgan fingerprint density at radius 3 is 2.81 bits per heavy atom. The molecule has 108 valence electrons. The molecule has 1 atom stereocenters. The van der Waals surface area contributed by atoms with Crippen LogP contribution in [0.15, 0.2) is 36.5 Å². The molecule has 5 nitrogen and oxygen atoms in total. The predicted molar refractivity (Wildman–Crippen MR) is 78.0 cm³/mol. The Bertz CT molecular complexity index is 695. The van der Waals surface area contributed by atoms with Gasteiger partial charge in [0.05, 0.1) is 11.1 Å². The smallest absolute Gasteiger partial charge is 0.326 e. The number of hydrogen-bond donors (Lipinski definition) is 2. The summed E-state index contributed by atoms with van der Waals surface area (Å²) in [5.41, 5.74) is 1.19. The van der Waals surface area contributed by atoms with E-state index in [1.807, 2.05) is 24.3 Å². The fourth-order valence-corrected chi connectivity index (χ4v) is 2.35. The number of para-hydroxylation sites is 1. The van der Waals surface area contributed by atoms with Gasteiger partial charge in [-0.1, -0.05) is 31.0 Å². The average molecular weight is 284 g/mol. The van der Waals surface area contributed by atoms with Crippen molar-refractivity contribution >= 4 is 22.8 Å². The zero-order valence-corrected chi connectivity index (χ0v) is 11.5. The summed E-state index contributed by atoms with van der Waals surface area (Å²) in [4.78, 5) is 27.6. The molecule has 1 amide bonds. The van der Waals surface area contributed by atoms with Crippen molar-refractivity contribution in [2.45, 2.75) is 25.3 Å². The van der Waals surface area contributed by atoms with E-state index < -0.39 is 12.0 Å². The first-order chi connectivity index (χ1) is 10.1. The highest BCUT2D eigenvalue weighted by atomic mass is 16.4. The lowest BCUT2D eigenvalue weighted by Gasteiger charge is -2.14. The fraction of sp³-hybridized carbons (Fsp3) is 0.312. The Morgan fingerprint density at radius 1 is 1.33 bits per heavy atom. The van der Waals surface area contributed by atoms with Crippen molar-refractivity contribution in [2.24, 2.45) is 5.92 Å². The molecule has 2 N–H and O–H groups in total. The van der Waals surface area contributed by atoms with Gasteiger partial charge in [-0.2, -0.15) is 0 Å². The molecule has 0 bridgehead atoms.